The van der Waals surface area contributed by atoms with Gasteiger partial charge in [-0.1, -0.05) is 0 Å². The standard InChI is InChI=1S/C17H17F3N4O4/c18-17(19,20)15-11-8-26-6-3-12(11)24(23-15)5-4-21-16(25)22-10-1-2-13-14(7-10)28-9-27-13/h1-2,7H,3-6,8-9H2,(H2,21,22,25). The molecule has 11 heteroatoms. The Bertz CT molecular complexity index is 897. The fourth-order valence-electron chi connectivity index (χ4n) is 3.15. The van der Waals surface area contributed by atoms with Crippen LogP contribution < -0.4 is 20.1 Å². The molecule has 0 atom stereocenters. The van der Waals surface area contributed by atoms with Crippen LogP contribution in [-0.2, 0) is 30.5 Å². The molecule has 2 aliphatic rings. The summed E-state index contributed by atoms with van der Waals surface area (Å²) < 4.78 is 56.3. The molecule has 0 saturated carbocycles. The maximum Gasteiger partial charge on any atom is 0.435 e. The first kappa shape index (κ1) is 18.4. The Balaban J connectivity index is 1.36. The van der Waals surface area contributed by atoms with Crippen LogP contribution in [0.4, 0.5) is 23.7 Å². The normalized spacial score (nSPS) is 15.2. The average molecular weight is 398 g/mol. The van der Waals surface area contributed by atoms with Crippen molar-refractivity contribution in [1.29, 1.82) is 0 Å². The van der Waals surface area contributed by atoms with E-state index in [1.54, 1.807) is 18.2 Å². The number of rotatable bonds is 4. The number of benzene rings is 1. The van der Waals surface area contributed by atoms with Crippen LogP contribution in [0, 0.1) is 0 Å². The van der Waals surface area contributed by atoms with Gasteiger partial charge >= 0.3 is 12.2 Å². The second-order valence-electron chi connectivity index (χ2n) is 6.25. The van der Waals surface area contributed by atoms with Gasteiger partial charge in [-0.25, -0.2) is 4.79 Å². The van der Waals surface area contributed by atoms with Gasteiger partial charge in [-0.15, -0.1) is 0 Å². The van der Waals surface area contributed by atoms with Gasteiger partial charge in [0.05, 0.1) is 19.8 Å². The van der Waals surface area contributed by atoms with Gasteiger partial charge in [-0.3, -0.25) is 4.68 Å². The van der Waals surface area contributed by atoms with Gasteiger partial charge in [0.15, 0.2) is 17.2 Å². The lowest BCUT2D eigenvalue weighted by atomic mass is 10.1. The van der Waals surface area contributed by atoms with Crippen LogP contribution in [0.3, 0.4) is 0 Å². The molecule has 28 heavy (non-hydrogen) atoms. The van der Waals surface area contributed by atoms with Crippen LogP contribution >= 0.6 is 0 Å². The second kappa shape index (κ2) is 7.23. The van der Waals surface area contributed by atoms with Crippen molar-refractivity contribution < 1.29 is 32.2 Å². The van der Waals surface area contributed by atoms with Crippen LogP contribution in [0.2, 0.25) is 0 Å². The number of alkyl halides is 3. The number of nitrogens with zero attached hydrogens (tertiary/aromatic N) is 2. The van der Waals surface area contributed by atoms with E-state index in [1.165, 1.54) is 4.68 Å². The van der Waals surface area contributed by atoms with Gasteiger partial charge in [0, 0.05) is 36.0 Å². The van der Waals surface area contributed by atoms with Crippen LogP contribution in [0.1, 0.15) is 17.0 Å². The number of fused-ring (bicyclic) bond motifs is 2. The van der Waals surface area contributed by atoms with Gasteiger partial charge in [-0.05, 0) is 12.1 Å². The largest absolute Gasteiger partial charge is 0.454 e. The van der Waals surface area contributed by atoms with Crippen molar-refractivity contribution in [1.82, 2.24) is 15.1 Å². The van der Waals surface area contributed by atoms with Crippen molar-refractivity contribution in [2.45, 2.75) is 25.7 Å². The Morgan fingerprint density at radius 1 is 1.25 bits per heavy atom. The van der Waals surface area contributed by atoms with Crippen LogP contribution in [-0.4, -0.2) is 35.8 Å². The molecular formula is C17H17F3N4O4. The van der Waals surface area contributed by atoms with Crippen LogP contribution in [0.25, 0.3) is 0 Å². The summed E-state index contributed by atoms with van der Waals surface area (Å²) in [4.78, 5) is 12.0. The van der Waals surface area contributed by atoms with Gasteiger partial charge in [0.25, 0.3) is 0 Å². The molecule has 2 aliphatic heterocycles. The van der Waals surface area contributed by atoms with Crippen LogP contribution in [0.15, 0.2) is 18.2 Å². The van der Waals surface area contributed by atoms with Crippen molar-refractivity contribution in [3.63, 3.8) is 0 Å². The summed E-state index contributed by atoms with van der Waals surface area (Å²) in [5.74, 6) is 1.13. The lowest BCUT2D eigenvalue weighted by molar-refractivity contribution is -0.142. The highest BCUT2D eigenvalue weighted by Crippen LogP contribution is 2.35. The minimum Gasteiger partial charge on any atom is -0.454 e. The SMILES string of the molecule is O=C(NCCn1nc(C(F)(F)F)c2c1CCOC2)Nc1ccc2c(c1)OCO2. The lowest BCUT2D eigenvalue weighted by Crippen LogP contribution is -2.32. The molecule has 1 aromatic carbocycles. The summed E-state index contributed by atoms with van der Waals surface area (Å²) >= 11 is 0. The fraction of sp³-hybridized carbons (Fsp3) is 0.412. The monoisotopic (exact) mass is 398 g/mol. The van der Waals surface area contributed by atoms with E-state index in [9.17, 15) is 18.0 Å². The zero-order valence-corrected chi connectivity index (χ0v) is 14.6. The highest BCUT2D eigenvalue weighted by Gasteiger charge is 2.39. The maximum atomic E-state index is 13.1. The Hall–Kier alpha value is -2.95. The zero-order chi connectivity index (χ0) is 19.7. The van der Waals surface area contributed by atoms with Crippen molar-refractivity contribution in [3.05, 3.63) is 35.2 Å². The Kier molecular flexibility index (Phi) is 4.75. The molecule has 2 aromatic rings. The highest BCUT2D eigenvalue weighted by molar-refractivity contribution is 5.89. The number of hydrogen-bond donors (Lipinski definition) is 2. The summed E-state index contributed by atoms with van der Waals surface area (Å²) in [5, 5.41) is 8.93. The van der Waals surface area contributed by atoms with E-state index in [2.05, 4.69) is 15.7 Å². The molecule has 0 saturated heterocycles. The number of carbonyl (C=O) groups is 1. The minimum atomic E-state index is -4.54. The van der Waals surface area contributed by atoms with Crippen molar-refractivity contribution in [3.8, 4) is 11.5 Å². The van der Waals surface area contributed by atoms with E-state index in [0.29, 0.717) is 35.9 Å². The quantitative estimate of drug-likeness (QED) is 0.827. The third-order valence-corrected chi connectivity index (χ3v) is 4.40. The fourth-order valence-corrected chi connectivity index (χ4v) is 3.15. The number of halogens is 3. The van der Waals surface area contributed by atoms with E-state index >= 15 is 0 Å². The van der Waals surface area contributed by atoms with E-state index in [0.717, 1.165) is 0 Å². The van der Waals surface area contributed by atoms with Gasteiger partial charge in [-0.2, -0.15) is 18.3 Å². The van der Waals surface area contributed by atoms with E-state index in [-0.39, 0.29) is 32.1 Å². The predicted molar refractivity (Wildman–Crippen MR) is 90.2 cm³/mol. The number of aromatic nitrogens is 2. The predicted octanol–water partition coefficient (Wildman–Crippen LogP) is 2.53. The molecule has 8 nitrogen and oxygen atoms in total. The lowest BCUT2D eigenvalue weighted by Gasteiger charge is -2.15. The molecule has 0 aliphatic carbocycles. The number of carbonyl (C=O) groups excluding carboxylic acids is 1. The molecular weight excluding hydrogens is 381 g/mol. The molecule has 0 unspecified atom stereocenters. The summed E-state index contributed by atoms with van der Waals surface area (Å²) in [5.41, 5.74) is 0.154. The smallest absolute Gasteiger partial charge is 0.435 e. The number of nitrogens with one attached hydrogen (secondary N) is 2. The van der Waals surface area contributed by atoms with E-state index in [4.69, 9.17) is 14.2 Å². The molecule has 0 radical (unpaired) electrons. The number of amides is 2. The average Bonchev–Trinajstić information content (AvgIpc) is 3.26. The first-order chi connectivity index (χ1) is 13.4. The summed E-state index contributed by atoms with van der Waals surface area (Å²) in [6.45, 7) is 0.593. The number of ether oxygens (including phenoxy) is 3. The van der Waals surface area contributed by atoms with Gasteiger partial charge < -0.3 is 24.8 Å². The summed E-state index contributed by atoms with van der Waals surface area (Å²) in [6, 6.07) is 4.47. The van der Waals surface area contributed by atoms with Crippen LogP contribution in [0.5, 0.6) is 11.5 Å². The van der Waals surface area contributed by atoms with E-state index < -0.39 is 17.9 Å². The topological polar surface area (TPSA) is 86.6 Å². The third-order valence-electron chi connectivity index (χ3n) is 4.40. The second-order valence-corrected chi connectivity index (χ2v) is 6.25. The molecule has 0 spiro atoms. The first-order valence-electron chi connectivity index (χ1n) is 8.60. The zero-order valence-electron chi connectivity index (χ0n) is 14.6. The molecule has 3 heterocycles. The first-order valence-corrected chi connectivity index (χ1v) is 8.60. The Morgan fingerprint density at radius 2 is 2.07 bits per heavy atom. The summed E-state index contributed by atoms with van der Waals surface area (Å²) in [7, 11) is 0. The molecule has 150 valence electrons. The highest BCUT2D eigenvalue weighted by atomic mass is 19.4. The molecule has 2 N–H and O–H groups in total. The molecule has 1 aromatic heterocycles. The maximum absolute atomic E-state index is 13.1. The van der Waals surface area contributed by atoms with Crippen molar-refractivity contribution in [2.75, 3.05) is 25.3 Å². The molecule has 4 rings (SSSR count). The van der Waals surface area contributed by atoms with Crippen molar-refractivity contribution in [2.24, 2.45) is 0 Å². The molecule has 2 amide bonds. The number of anilines is 1. The van der Waals surface area contributed by atoms with Gasteiger partial charge in [0.1, 0.15) is 0 Å². The van der Waals surface area contributed by atoms with Gasteiger partial charge in [0.2, 0.25) is 6.79 Å². The third kappa shape index (κ3) is 3.70. The molecule has 0 bridgehead atoms. The number of hydrogen-bond acceptors (Lipinski definition) is 5. The van der Waals surface area contributed by atoms with Crippen molar-refractivity contribution >= 4 is 11.7 Å². The minimum absolute atomic E-state index is 0.0727. The molecule has 0 fully saturated rings. The summed E-state index contributed by atoms with van der Waals surface area (Å²) in [6.07, 6.45) is -4.19. The Labute approximate surface area is 157 Å². The number of urea groups is 1. The van der Waals surface area contributed by atoms with E-state index in [1.807, 2.05) is 0 Å². The Morgan fingerprint density at radius 3 is 2.89 bits per heavy atom.